The van der Waals surface area contributed by atoms with E-state index in [2.05, 4.69) is 6.58 Å². The third-order valence-electron chi connectivity index (χ3n) is 3.71. The highest BCUT2D eigenvalue weighted by Gasteiger charge is 2.29. The van der Waals surface area contributed by atoms with Crippen molar-refractivity contribution in [2.24, 2.45) is 17.8 Å². The largest absolute Gasteiger partial charge is 0.481 e. The van der Waals surface area contributed by atoms with E-state index < -0.39 is 11.9 Å². The number of carboxylic acids is 2. The van der Waals surface area contributed by atoms with Crippen molar-refractivity contribution in [3.63, 3.8) is 0 Å². The minimum atomic E-state index is -0.793. The molecule has 0 atom stereocenters. The number of hydrogen-bond donors (Lipinski definition) is 2. The summed E-state index contributed by atoms with van der Waals surface area (Å²) in [5, 5.41) is 17.2. The molecule has 1 fully saturated rings. The van der Waals surface area contributed by atoms with E-state index in [9.17, 15) is 14.4 Å². The molecule has 0 aromatic rings. The van der Waals surface area contributed by atoms with Crippen LogP contribution in [0.3, 0.4) is 0 Å². The van der Waals surface area contributed by atoms with Crippen LogP contribution in [-0.2, 0) is 19.1 Å². The van der Waals surface area contributed by atoms with Crippen molar-refractivity contribution in [1.29, 1.82) is 0 Å². The van der Waals surface area contributed by atoms with Gasteiger partial charge >= 0.3 is 17.9 Å². The molecule has 1 aliphatic rings. The maximum atomic E-state index is 11.2. The van der Waals surface area contributed by atoms with E-state index >= 15 is 0 Å². The zero-order valence-corrected chi connectivity index (χ0v) is 15.1. The molecule has 0 saturated heterocycles. The van der Waals surface area contributed by atoms with Gasteiger partial charge in [0.25, 0.3) is 0 Å². The second-order valence-electron chi connectivity index (χ2n) is 6.88. The van der Waals surface area contributed by atoms with Gasteiger partial charge in [0.15, 0.2) is 0 Å². The standard InChI is InChI=1S/C10H18O2.C8H12O4/c1-7(2)6-9(5)10(11)12-8(3)4;9-7(10)5-1-2-6(4-3-5)8(11)12/h7-8H,5-6H2,1-4H3;5-6H,1-4H2,(H,9,10)(H,11,12). The van der Waals surface area contributed by atoms with Crippen LogP contribution in [0.15, 0.2) is 12.2 Å². The average molecular weight is 342 g/mol. The van der Waals surface area contributed by atoms with Crippen molar-refractivity contribution in [2.45, 2.75) is 65.9 Å². The van der Waals surface area contributed by atoms with Crippen LogP contribution < -0.4 is 0 Å². The lowest BCUT2D eigenvalue weighted by Crippen LogP contribution is -2.25. The monoisotopic (exact) mass is 342 g/mol. The molecule has 0 bridgehead atoms. The molecule has 6 heteroatoms. The van der Waals surface area contributed by atoms with E-state index in [-0.39, 0.29) is 23.9 Å². The molecular weight excluding hydrogens is 312 g/mol. The fourth-order valence-corrected chi connectivity index (χ4v) is 2.46. The topological polar surface area (TPSA) is 101 Å². The molecule has 0 heterocycles. The van der Waals surface area contributed by atoms with Gasteiger partial charge in [-0.1, -0.05) is 20.4 Å². The Morgan fingerprint density at radius 2 is 1.33 bits per heavy atom. The summed E-state index contributed by atoms with van der Waals surface area (Å²) >= 11 is 0. The van der Waals surface area contributed by atoms with Crippen molar-refractivity contribution in [3.05, 3.63) is 12.2 Å². The average Bonchev–Trinajstić information content (AvgIpc) is 2.46. The van der Waals surface area contributed by atoms with Crippen LogP contribution in [0, 0.1) is 17.8 Å². The molecular formula is C18H30O6. The minimum absolute atomic E-state index is 0.0542. The molecule has 0 aliphatic heterocycles. The number of ether oxygens (including phenoxy) is 1. The maximum absolute atomic E-state index is 11.2. The van der Waals surface area contributed by atoms with Crippen molar-refractivity contribution in [2.75, 3.05) is 0 Å². The minimum Gasteiger partial charge on any atom is -0.481 e. The number of aliphatic carboxylic acids is 2. The van der Waals surface area contributed by atoms with Crippen LogP contribution in [0.25, 0.3) is 0 Å². The lowest BCUT2D eigenvalue weighted by Gasteiger charge is -2.22. The lowest BCUT2D eigenvalue weighted by molar-refractivity contribution is -0.148. The highest BCUT2D eigenvalue weighted by atomic mass is 16.5. The summed E-state index contributed by atoms with van der Waals surface area (Å²) < 4.78 is 4.97. The molecule has 1 aliphatic carbocycles. The summed E-state index contributed by atoms with van der Waals surface area (Å²) in [5.74, 6) is -2.03. The van der Waals surface area contributed by atoms with Crippen LogP contribution >= 0.6 is 0 Å². The second kappa shape index (κ2) is 10.8. The smallest absolute Gasteiger partial charge is 0.333 e. The Balaban J connectivity index is 0.000000441. The molecule has 0 amide bonds. The predicted molar refractivity (Wildman–Crippen MR) is 90.5 cm³/mol. The molecule has 0 spiro atoms. The van der Waals surface area contributed by atoms with Gasteiger partial charge in [-0.05, 0) is 51.9 Å². The molecule has 0 unspecified atom stereocenters. The van der Waals surface area contributed by atoms with Gasteiger partial charge < -0.3 is 14.9 Å². The summed E-state index contributed by atoms with van der Waals surface area (Å²) in [6.45, 7) is 11.4. The summed E-state index contributed by atoms with van der Waals surface area (Å²) in [4.78, 5) is 32.1. The third kappa shape index (κ3) is 9.33. The van der Waals surface area contributed by atoms with Crippen LogP contribution in [0.1, 0.15) is 59.8 Å². The van der Waals surface area contributed by atoms with Crippen LogP contribution in [0.4, 0.5) is 0 Å². The summed E-state index contributed by atoms with van der Waals surface area (Å²) in [7, 11) is 0. The highest BCUT2D eigenvalue weighted by Crippen LogP contribution is 2.28. The van der Waals surface area contributed by atoms with Crippen LogP contribution in [0.2, 0.25) is 0 Å². The van der Waals surface area contributed by atoms with E-state index in [0.29, 0.717) is 43.6 Å². The van der Waals surface area contributed by atoms with Gasteiger partial charge in [-0.2, -0.15) is 0 Å². The maximum Gasteiger partial charge on any atom is 0.333 e. The van der Waals surface area contributed by atoms with Gasteiger partial charge in [-0.15, -0.1) is 0 Å². The van der Waals surface area contributed by atoms with Gasteiger partial charge in [0, 0.05) is 5.57 Å². The van der Waals surface area contributed by atoms with Gasteiger partial charge in [-0.25, -0.2) is 4.79 Å². The number of esters is 1. The Labute approximate surface area is 143 Å². The quantitative estimate of drug-likeness (QED) is 0.566. The Bertz CT molecular complexity index is 402. The zero-order valence-electron chi connectivity index (χ0n) is 15.1. The highest BCUT2D eigenvalue weighted by molar-refractivity contribution is 5.87. The van der Waals surface area contributed by atoms with Crippen LogP contribution in [0.5, 0.6) is 0 Å². The molecule has 138 valence electrons. The summed E-state index contributed by atoms with van der Waals surface area (Å²) in [5.41, 5.74) is 0.568. The predicted octanol–water partition coefficient (Wildman–Crippen LogP) is 3.50. The molecule has 0 aromatic carbocycles. The Morgan fingerprint density at radius 1 is 0.958 bits per heavy atom. The van der Waals surface area contributed by atoms with Crippen molar-refractivity contribution in [3.8, 4) is 0 Å². The summed E-state index contributed by atoms with van der Waals surface area (Å²) in [6, 6.07) is 0. The summed E-state index contributed by atoms with van der Waals surface area (Å²) in [6.07, 6.45) is 2.68. The second-order valence-corrected chi connectivity index (χ2v) is 6.88. The third-order valence-corrected chi connectivity index (χ3v) is 3.71. The first-order valence-electron chi connectivity index (χ1n) is 8.38. The molecule has 1 rings (SSSR count). The number of carboxylic acid groups (broad SMARTS) is 2. The van der Waals surface area contributed by atoms with Gasteiger partial charge in [0.2, 0.25) is 0 Å². The fourth-order valence-electron chi connectivity index (χ4n) is 2.46. The molecule has 1 saturated carbocycles. The number of carbonyl (C=O) groups is 3. The fraction of sp³-hybridized carbons (Fsp3) is 0.722. The lowest BCUT2D eigenvalue weighted by atomic mass is 9.82. The van der Waals surface area contributed by atoms with E-state index in [1.54, 1.807) is 0 Å². The molecule has 2 N–H and O–H groups in total. The SMILES string of the molecule is C=C(CC(C)C)C(=O)OC(C)C.O=C(O)C1CCC(C(=O)O)CC1. The Kier molecular flexibility index (Phi) is 10.0. The number of hydrogen-bond acceptors (Lipinski definition) is 4. The van der Waals surface area contributed by atoms with Gasteiger partial charge in [-0.3, -0.25) is 9.59 Å². The van der Waals surface area contributed by atoms with E-state index in [4.69, 9.17) is 14.9 Å². The van der Waals surface area contributed by atoms with E-state index in [1.807, 2.05) is 27.7 Å². The zero-order chi connectivity index (χ0) is 18.9. The Hall–Kier alpha value is -1.85. The van der Waals surface area contributed by atoms with Crippen molar-refractivity contribution in [1.82, 2.24) is 0 Å². The van der Waals surface area contributed by atoms with E-state index in [1.165, 1.54) is 0 Å². The first-order chi connectivity index (χ1) is 11.0. The van der Waals surface area contributed by atoms with Crippen molar-refractivity contribution >= 4 is 17.9 Å². The first-order valence-corrected chi connectivity index (χ1v) is 8.38. The van der Waals surface area contributed by atoms with Crippen molar-refractivity contribution < 1.29 is 29.3 Å². The first kappa shape index (κ1) is 22.1. The number of rotatable bonds is 6. The Morgan fingerprint density at radius 3 is 1.58 bits per heavy atom. The van der Waals surface area contributed by atoms with Crippen LogP contribution in [-0.4, -0.2) is 34.2 Å². The van der Waals surface area contributed by atoms with E-state index in [0.717, 1.165) is 0 Å². The number of carbonyl (C=O) groups excluding carboxylic acids is 1. The molecule has 6 nitrogen and oxygen atoms in total. The molecule has 24 heavy (non-hydrogen) atoms. The normalized spacial score (nSPS) is 20.1. The molecule has 0 aromatic heterocycles. The van der Waals surface area contributed by atoms with Gasteiger partial charge in [0.05, 0.1) is 17.9 Å². The molecule has 0 radical (unpaired) electrons. The van der Waals surface area contributed by atoms with Gasteiger partial charge in [0.1, 0.15) is 0 Å².